The van der Waals surface area contributed by atoms with Crippen molar-refractivity contribution in [2.45, 2.75) is 6.42 Å². The van der Waals surface area contributed by atoms with Crippen LogP contribution in [-0.4, -0.2) is 70.6 Å². The summed E-state index contributed by atoms with van der Waals surface area (Å²) < 4.78 is 31.8. The van der Waals surface area contributed by atoms with Crippen LogP contribution in [0.3, 0.4) is 0 Å². The molecule has 0 unspecified atom stereocenters. The van der Waals surface area contributed by atoms with E-state index in [0.29, 0.717) is 39.6 Å². The van der Waals surface area contributed by atoms with Crippen molar-refractivity contribution in [1.29, 1.82) is 0 Å². The molecule has 0 atom stereocenters. The first kappa shape index (κ1) is 17.2. The second kappa shape index (κ2) is 14.3. The molecule has 0 aliphatic heterocycles. The van der Waals surface area contributed by atoms with Gasteiger partial charge in [0.05, 0.1) is 59.3 Å². The van der Waals surface area contributed by atoms with Gasteiger partial charge in [-0.15, -0.1) is 0 Å². The number of rotatable bonds is 14. The number of carboxylic acids is 1. The molecular weight excluding hydrogens is 247 g/mol. The van der Waals surface area contributed by atoms with Crippen molar-refractivity contribution < 1.29 is 33.2 Å². The minimum absolute atomic E-state index is 0.00198. The Morgan fingerprint density at radius 1 is 0.778 bits per heavy atom. The van der Waals surface area contributed by atoms with E-state index in [1.807, 2.05) is 0 Å². The summed E-state index contributed by atoms with van der Waals surface area (Å²) in [5, 5.41) is 8.33. The molecule has 0 aromatic rings. The Hall–Kier alpha value is -0.760. The number of hydrogen-bond acceptors (Lipinski definition) is 5. The van der Waals surface area contributed by atoms with Crippen LogP contribution in [0.2, 0.25) is 0 Å². The van der Waals surface area contributed by atoms with E-state index < -0.39 is 12.6 Å². The van der Waals surface area contributed by atoms with E-state index >= 15 is 0 Å². The third-order valence-electron chi connectivity index (χ3n) is 1.80. The molecular formula is C11H21FO6. The smallest absolute Gasteiger partial charge is 0.305 e. The third-order valence-corrected chi connectivity index (χ3v) is 1.80. The lowest BCUT2D eigenvalue weighted by atomic mass is 10.5. The van der Waals surface area contributed by atoms with E-state index in [2.05, 4.69) is 0 Å². The summed E-state index contributed by atoms with van der Waals surface area (Å²) in [6, 6.07) is 0. The zero-order valence-corrected chi connectivity index (χ0v) is 10.4. The highest BCUT2D eigenvalue weighted by Gasteiger charge is 1.96. The van der Waals surface area contributed by atoms with Gasteiger partial charge in [0.25, 0.3) is 0 Å². The lowest BCUT2D eigenvalue weighted by molar-refractivity contribution is -0.138. The van der Waals surface area contributed by atoms with E-state index in [-0.39, 0.29) is 19.6 Å². The molecule has 0 rings (SSSR count). The van der Waals surface area contributed by atoms with Gasteiger partial charge >= 0.3 is 5.97 Å². The van der Waals surface area contributed by atoms with Gasteiger partial charge in [0.2, 0.25) is 0 Å². The normalized spacial score (nSPS) is 10.7. The number of carboxylic acid groups (broad SMARTS) is 1. The molecule has 0 radical (unpaired) electrons. The molecule has 6 nitrogen and oxygen atoms in total. The monoisotopic (exact) mass is 268 g/mol. The molecule has 1 N–H and O–H groups in total. The highest BCUT2D eigenvalue weighted by atomic mass is 19.1. The van der Waals surface area contributed by atoms with Gasteiger partial charge in [0, 0.05) is 0 Å². The summed E-state index contributed by atoms with van der Waals surface area (Å²) in [7, 11) is 0. The largest absolute Gasteiger partial charge is 0.481 e. The zero-order chi connectivity index (χ0) is 13.5. The summed E-state index contributed by atoms with van der Waals surface area (Å²) in [4.78, 5) is 10.1. The summed E-state index contributed by atoms with van der Waals surface area (Å²) in [6.45, 7) is 2.26. The van der Waals surface area contributed by atoms with Gasteiger partial charge in [0.1, 0.15) is 6.67 Å². The van der Waals surface area contributed by atoms with E-state index in [1.165, 1.54) is 0 Å². The minimum Gasteiger partial charge on any atom is -0.481 e. The predicted molar refractivity (Wildman–Crippen MR) is 61.5 cm³/mol. The van der Waals surface area contributed by atoms with E-state index in [0.717, 1.165) is 0 Å². The van der Waals surface area contributed by atoms with Crippen molar-refractivity contribution in [2.75, 3.05) is 59.5 Å². The van der Waals surface area contributed by atoms with Gasteiger partial charge in [0.15, 0.2) is 0 Å². The van der Waals surface area contributed by atoms with Gasteiger partial charge in [-0.1, -0.05) is 0 Å². The molecule has 0 aromatic heterocycles. The zero-order valence-electron chi connectivity index (χ0n) is 10.4. The van der Waals surface area contributed by atoms with Crippen LogP contribution < -0.4 is 0 Å². The maximum atomic E-state index is 11.6. The molecule has 0 saturated carbocycles. The fraction of sp³-hybridized carbons (Fsp3) is 0.909. The van der Waals surface area contributed by atoms with Crippen molar-refractivity contribution in [3.05, 3.63) is 0 Å². The summed E-state index contributed by atoms with van der Waals surface area (Å²) in [5.41, 5.74) is 0. The maximum Gasteiger partial charge on any atom is 0.305 e. The van der Waals surface area contributed by atoms with Gasteiger partial charge in [-0.25, -0.2) is 4.39 Å². The molecule has 0 aliphatic rings. The Kier molecular flexibility index (Phi) is 13.7. The summed E-state index contributed by atoms with van der Waals surface area (Å²) in [5.74, 6) is -0.876. The van der Waals surface area contributed by atoms with Gasteiger partial charge in [-0.2, -0.15) is 0 Å². The lowest BCUT2D eigenvalue weighted by Gasteiger charge is -2.06. The molecule has 0 heterocycles. The molecule has 0 amide bonds. The number of carbonyl (C=O) groups is 1. The lowest BCUT2D eigenvalue weighted by Crippen LogP contribution is -2.13. The van der Waals surface area contributed by atoms with Crippen LogP contribution in [0.4, 0.5) is 4.39 Å². The molecule has 0 spiro atoms. The molecule has 18 heavy (non-hydrogen) atoms. The number of hydrogen-bond donors (Lipinski definition) is 1. The molecule has 0 saturated heterocycles. The van der Waals surface area contributed by atoms with Crippen LogP contribution in [-0.2, 0) is 23.7 Å². The van der Waals surface area contributed by atoms with Crippen LogP contribution >= 0.6 is 0 Å². The van der Waals surface area contributed by atoms with Crippen molar-refractivity contribution in [3.63, 3.8) is 0 Å². The third kappa shape index (κ3) is 15.2. The van der Waals surface area contributed by atoms with Crippen molar-refractivity contribution in [2.24, 2.45) is 0 Å². The SMILES string of the molecule is O=C(O)CCOCCOCCOCCOCCF. The average Bonchev–Trinajstić information content (AvgIpc) is 2.34. The number of aliphatic carboxylic acids is 1. The topological polar surface area (TPSA) is 74.2 Å². The van der Waals surface area contributed by atoms with E-state index in [4.69, 9.17) is 24.1 Å². The maximum absolute atomic E-state index is 11.6. The fourth-order valence-electron chi connectivity index (χ4n) is 0.976. The predicted octanol–water partition coefficient (Wildman–Crippen LogP) is 0.497. The molecule has 0 fully saturated rings. The Balaban J connectivity index is 2.92. The van der Waals surface area contributed by atoms with E-state index in [1.54, 1.807) is 0 Å². The second-order valence-corrected chi connectivity index (χ2v) is 3.28. The Morgan fingerprint density at radius 2 is 1.17 bits per heavy atom. The molecule has 0 bridgehead atoms. The highest BCUT2D eigenvalue weighted by Crippen LogP contribution is 1.85. The first-order valence-corrected chi connectivity index (χ1v) is 5.86. The quantitative estimate of drug-likeness (QED) is 0.462. The Bertz CT molecular complexity index is 190. The first-order chi connectivity index (χ1) is 8.77. The molecule has 108 valence electrons. The van der Waals surface area contributed by atoms with Crippen LogP contribution in [0.1, 0.15) is 6.42 Å². The fourth-order valence-corrected chi connectivity index (χ4v) is 0.976. The van der Waals surface area contributed by atoms with Crippen molar-refractivity contribution in [3.8, 4) is 0 Å². The van der Waals surface area contributed by atoms with Crippen LogP contribution in [0.5, 0.6) is 0 Å². The minimum atomic E-state index is -0.876. The average molecular weight is 268 g/mol. The number of alkyl halides is 1. The van der Waals surface area contributed by atoms with Crippen molar-refractivity contribution >= 4 is 5.97 Å². The summed E-state index contributed by atoms with van der Waals surface area (Å²) in [6.07, 6.45) is 0.00198. The van der Waals surface area contributed by atoms with Crippen LogP contribution in [0, 0.1) is 0 Å². The van der Waals surface area contributed by atoms with Gasteiger partial charge < -0.3 is 24.1 Å². The first-order valence-electron chi connectivity index (χ1n) is 5.86. The summed E-state index contributed by atoms with van der Waals surface area (Å²) >= 11 is 0. The van der Waals surface area contributed by atoms with Gasteiger partial charge in [-0.3, -0.25) is 4.79 Å². The Labute approximate surface area is 106 Å². The highest BCUT2D eigenvalue weighted by molar-refractivity contribution is 5.66. The molecule has 0 aliphatic carbocycles. The standard InChI is InChI=1S/C11H21FO6/c12-2-4-16-6-8-18-10-9-17-7-5-15-3-1-11(13)14/h1-10H2,(H,13,14). The number of ether oxygens (including phenoxy) is 4. The van der Waals surface area contributed by atoms with Gasteiger partial charge in [-0.05, 0) is 0 Å². The Morgan fingerprint density at radius 3 is 1.56 bits per heavy atom. The van der Waals surface area contributed by atoms with Crippen molar-refractivity contribution in [1.82, 2.24) is 0 Å². The van der Waals surface area contributed by atoms with Crippen LogP contribution in [0.15, 0.2) is 0 Å². The van der Waals surface area contributed by atoms with Crippen LogP contribution in [0.25, 0.3) is 0 Å². The van der Waals surface area contributed by atoms with E-state index in [9.17, 15) is 9.18 Å². The molecule has 0 aromatic carbocycles. The molecule has 7 heteroatoms. The second-order valence-electron chi connectivity index (χ2n) is 3.28. The number of halogens is 1.